The van der Waals surface area contributed by atoms with E-state index in [2.05, 4.69) is 6.92 Å². The number of carboxylic acids is 1. The number of para-hydroxylation sites is 1. The van der Waals surface area contributed by atoms with E-state index in [-0.39, 0.29) is 5.76 Å². The van der Waals surface area contributed by atoms with Gasteiger partial charge in [-0.25, -0.2) is 4.79 Å². The van der Waals surface area contributed by atoms with Crippen LogP contribution >= 0.6 is 0 Å². The minimum absolute atomic E-state index is 0.142. The molecule has 0 atom stereocenters. The first-order valence-electron chi connectivity index (χ1n) is 6.00. The van der Waals surface area contributed by atoms with Crippen LogP contribution in [0.1, 0.15) is 47.4 Å². The number of hydrogen-bond acceptors (Lipinski definition) is 2. The van der Waals surface area contributed by atoms with Crippen molar-refractivity contribution >= 4 is 16.9 Å². The normalized spacial score (nSPS) is 15.4. The first kappa shape index (κ1) is 10.4. The summed E-state index contributed by atoms with van der Waals surface area (Å²) in [7, 11) is 0. The second kappa shape index (κ2) is 3.62. The summed E-state index contributed by atoms with van der Waals surface area (Å²) in [4.78, 5) is 11.2. The Kier molecular flexibility index (Phi) is 2.21. The van der Waals surface area contributed by atoms with Gasteiger partial charge in [0.2, 0.25) is 5.76 Å². The van der Waals surface area contributed by atoms with Crippen molar-refractivity contribution in [3.8, 4) is 0 Å². The zero-order chi connectivity index (χ0) is 12.0. The Morgan fingerprint density at radius 1 is 1.47 bits per heavy atom. The van der Waals surface area contributed by atoms with Crippen molar-refractivity contribution in [3.63, 3.8) is 0 Å². The summed E-state index contributed by atoms with van der Waals surface area (Å²) >= 11 is 0. The summed E-state index contributed by atoms with van der Waals surface area (Å²) in [6.45, 7) is 2.05. The Labute approximate surface area is 99.0 Å². The number of carboxylic acid groups (broad SMARTS) is 1. The van der Waals surface area contributed by atoms with Crippen molar-refractivity contribution in [2.24, 2.45) is 0 Å². The number of aromatic carboxylic acids is 1. The zero-order valence-electron chi connectivity index (χ0n) is 9.69. The molecule has 0 unspecified atom stereocenters. The lowest BCUT2D eigenvalue weighted by atomic mass is 10.0. The average molecular weight is 230 g/mol. The van der Waals surface area contributed by atoms with E-state index in [1.807, 2.05) is 18.2 Å². The van der Waals surface area contributed by atoms with E-state index in [4.69, 9.17) is 4.42 Å². The number of rotatable bonds is 3. The minimum atomic E-state index is -0.954. The second-order valence-corrected chi connectivity index (χ2v) is 4.57. The van der Waals surface area contributed by atoms with Crippen molar-refractivity contribution < 1.29 is 14.3 Å². The first-order chi connectivity index (χ1) is 8.22. The monoisotopic (exact) mass is 230 g/mol. The van der Waals surface area contributed by atoms with Crippen LogP contribution in [0.2, 0.25) is 0 Å². The lowest BCUT2D eigenvalue weighted by Crippen LogP contribution is -1.97. The number of furan rings is 1. The number of aryl methyl sites for hydroxylation is 1. The molecule has 88 valence electrons. The molecule has 0 bridgehead atoms. The van der Waals surface area contributed by atoms with E-state index in [0.29, 0.717) is 5.92 Å². The molecule has 3 heteroatoms. The smallest absolute Gasteiger partial charge is 0.372 e. The fourth-order valence-electron chi connectivity index (χ4n) is 2.41. The Bertz CT molecular complexity index is 591. The van der Waals surface area contributed by atoms with E-state index < -0.39 is 5.97 Å². The van der Waals surface area contributed by atoms with Crippen LogP contribution in [0.3, 0.4) is 0 Å². The number of benzene rings is 1. The molecule has 3 nitrogen and oxygen atoms in total. The van der Waals surface area contributed by atoms with Crippen LogP contribution in [0.15, 0.2) is 22.6 Å². The SMILES string of the molecule is CCc1cccc2c(C3CC3)c(C(=O)O)oc12. The van der Waals surface area contributed by atoms with Crippen molar-refractivity contribution in [2.75, 3.05) is 0 Å². The van der Waals surface area contributed by atoms with Gasteiger partial charge in [-0.2, -0.15) is 0 Å². The third-order valence-corrected chi connectivity index (χ3v) is 3.40. The zero-order valence-corrected chi connectivity index (χ0v) is 9.69. The molecule has 0 aliphatic heterocycles. The largest absolute Gasteiger partial charge is 0.475 e. The van der Waals surface area contributed by atoms with Gasteiger partial charge in [0.25, 0.3) is 0 Å². The molecular formula is C14H14O3. The molecule has 0 amide bonds. The van der Waals surface area contributed by atoms with Crippen molar-refractivity contribution in [2.45, 2.75) is 32.1 Å². The van der Waals surface area contributed by atoms with Gasteiger partial charge in [-0.3, -0.25) is 0 Å². The molecule has 2 aromatic rings. The number of carbonyl (C=O) groups is 1. The van der Waals surface area contributed by atoms with Gasteiger partial charge in [0, 0.05) is 10.9 Å². The predicted molar refractivity (Wildman–Crippen MR) is 64.5 cm³/mol. The fraction of sp³-hybridized carbons (Fsp3) is 0.357. The maximum atomic E-state index is 11.2. The van der Waals surface area contributed by atoms with E-state index in [1.54, 1.807) is 0 Å². The average Bonchev–Trinajstić information content (AvgIpc) is 3.08. The third kappa shape index (κ3) is 1.54. The summed E-state index contributed by atoms with van der Waals surface area (Å²) in [5.41, 5.74) is 2.74. The lowest BCUT2D eigenvalue weighted by Gasteiger charge is -1.97. The van der Waals surface area contributed by atoms with Crippen LogP contribution < -0.4 is 0 Å². The van der Waals surface area contributed by atoms with Crippen molar-refractivity contribution in [3.05, 3.63) is 35.1 Å². The Hall–Kier alpha value is -1.77. The van der Waals surface area contributed by atoms with Crippen LogP contribution in [0.4, 0.5) is 0 Å². The number of fused-ring (bicyclic) bond motifs is 1. The number of hydrogen-bond donors (Lipinski definition) is 1. The van der Waals surface area contributed by atoms with Gasteiger partial charge < -0.3 is 9.52 Å². The molecule has 3 rings (SSSR count). The summed E-state index contributed by atoms with van der Waals surface area (Å²) in [6, 6.07) is 5.94. The quantitative estimate of drug-likeness (QED) is 0.876. The van der Waals surface area contributed by atoms with Gasteiger partial charge in [-0.15, -0.1) is 0 Å². The van der Waals surface area contributed by atoms with Gasteiger partial charge in [0.1, 0.15) is 5.58 Å². The van der Waals surface area contributed by atoms with E-state index >= 15 is 0 Å². The molecule has 1 aromatic heterocycles. The molecule has 1 aliphatic rings. The molecule has 1 saturated carbocycles. The molecule has 0 saturated heterocycles. The topological polar surface area (TPSA) is 50.4 Å². The highest BCUT2D eigenvalue weighted by atomic mass is 16.4. The van der Waals surface area contributed by atoms with E-state index in [9.17, 15) is 9.90 Å². The standard InChI is InChI=1S/C14H14O3/c1-2-8-4-3-5-10-11(9-6-7-9)13(14(15)16)17-12(8)10/h3-5,9H,2,6-7H2,1H3,(H,15,16). The Balaban J connectivity index is 2.33. The molecule has 17 heavy (non-hydrogen) atoms. The van der Waals surface area contributed by atoms with Gasteiger partial charge in [0.15, 0.2) is 0 Å². The molecule has 1 heterocycles. The second-order valence-electron chi connectivity index (χ2n) is 4.57. The predicted octanol–water partition coefficient (Wildman–Crippen LogP) is 3.57. The van der Waals surface area contributed by atoms with Crippen LogP contribution in [0.5, 0.6) is 0 Å². The summed E-state index contributed by atoms with van der Waals surface area (Å²) in [5.74, 6) is -0.428. The lowest BCUT2D eigenvalue weighted by molar-refractivity contribution is 0.0663. The van der Waals surface area contributed by atoms with Crippen LogP contribution in [0, 0.1) is 0 Å². The summed E-state index contributed by atoms with van der Waals surface area (Å²) in [6.07, 6.45) is 3.00. The molecule has 1 aromatic carbocycles. The van der Waals surface area contributed by atoms with Gasteiger partial charge >= 0.3 is 5.97 Å². The van der Waals surface area contributed by atoms with E-state index in [0.717, 1.165) is 41.4 Å². The molecule has 1 N–H and O–H groups in total. The maximum absolute atomic E-state index is 11.2. The highest BCUT2D eigenvalue weighted by Crippen LogP contribution is 2.46. The summed E-state index contributed by atoms with van der Waals surface area (Å²) < 4.78 is 5.58. The summed E-state index contributed by atoms with van der Waals surface area (Å²) in [5, 5.41) is 10.2. The van der Waals surface area contributed by atoms with Gasteiger partial charge in [-0.1, -0.05) is 25.1 Å². The molecule has 1 fully saturated rings. The van der Waals surface area contributed by atoms with Crippen LogP contribution in [0.25, 0.3) is 11.0 Å². The minimum Gasteiger partial charge on any atom is -0.475 e. The highest BCUT2D eigenvalue weighted by Gasteiger charge is 2.33. The van der Waals surface area contributed by atoms with Crippen molar-refractivity contribution in [1.29, 1.82) is 0 Å². The Morgan fingerprint density at radius 2 is 2.24 bits per heavy atom. The maximum Gasteiger partial charge on any atom is 0.372 e. The third-order valence-electron chi connectivity index (χ3n) is 3.40. The molecule has 0 radical (unpaired) electrons. The van der Waals surface area contributed by atoms with Gasteiger partial charge in [-0.05, 0) is 30.7 Å². The van der Waals surface area contributed by atoms with E-state index in [1.165, 1.54) is 0 Å². The molecule has 1 aliphatic carbocycles. The first-order valence-corrected chi connectivity index (χ1v) is 6.00. The fourth-order valence-corrected chi connectivity index (χ4v) is 2.41. The molecule has 0 spiro atoms. The van der Waals surface area contributed by atoms with Crippen LogP contribution in [-0.4, -0.2) is 11.1 Å². The van der Waals surface area contributed by atoms with Gasteiger partial charge in [0.05, 0.1) is 0 Å². The highest BCUT2D eigenvalue weighted by molar-refractivity contribution is 5.96. The van der Waals surface area contributed by atoms with Crippen LogP contribution in [-0.2, 0) is 6.42 Å². The Morgan fingerprint density at radius 3 is 2.82 bits per heavy atom. The van der Waals surface area contributed by atoms with Crippen molar-refractivity contribution in [1.82, 2.24) is 0 Å². The molecular weight excluding hydrogens is 216 g/mol.